The molecule has 5 rings (SSSR count). The zero-order valence-corrected chi connectivity index (χ0v) is 18.0. The second kappa shape index (κ2) is 7.68. The Balaban J connectivity index is 1.80. The highest BCUT2D eigenvalue weighted by molar-refractivity contribution is 6.09. The van der Waals surface area contributed by atoms with Crippen LogP contribution in [0, 0.1) is 5.92 Å². The molecule has 2 aromatic rings. The number of likely N-dealkylation sites (tertiary alicyclic amines) is 1. The summed E-state index contributed by atoms with van der Waals surface area (Å²) < 4.78 is 11.7. The number of likely N-dealkylation sites (N-methyl/N-ethyl adjacent to an activating group) is 1. The van der Waals surface area contributed by atoms with Gasteiger partial charge in [-0.15, -0.1) is 0 Å². The van der Waals surface area contributed by atoms with Crippen molar-refractivity contribution in [2.45, 2.75) is 31.2 Å². The molecular weight excluding hydrogens is 392 g/mol. The molecule has 0 saturated carbocycles. The van der Waals surface area contributed by atoms with Gasteiger partial charge in [-0.1, -0.05) is 36.4 Å². The molecule has 3 heterocycles. The summed E-state index contributed by atoms with van der Waals surface area (Å²) in [7, 11) is 1.95. The minimum Gasteiger partial charge on any atom is -0.493 e. The van der Waals surface area contributed by atoms with E-state index < -0.39 is 17.4 Å². The van der Waals surface area contributed by atoms with Gasteiger partial charge >= 0.3 is 5.97 Å². The fraction of sp³-hybridized carbons (Fsp3) is 0.440. The van der Waals surface area contributed by atoms with Crippen LogP contribution in [0.5, 0.6) is 5.75 Å². The predicted octanol–water partition coefficient (Wildman–Crippen LogP) is 3.31. The molecule has 0 N–H and O–H groups in total. The van der Waals surface area contributed by atoms with Crippen LogP contribution in [0.3, 0.4) is 0 Å². The lowest BCUT2D eigenvalue weighted by Gasteiger charge is -2.37. The average molecular weight is 421 g/mol. The molecule has 31 heavy (non-hydrogen) atoms. The van der Waals surface area contributed by atoms with Crippen molar-refractivity contribution >= 4 is 17.6 Å². The number of anilines is 1. The number of carbonyl (C=O) groups is 2. The van der Waals surface area contributed by atoms with Crippen molar-refractivity contribution in [3.63, 3.8) is 0 Å². The van der Waals surface area contributed by atoms with Gasteiger partial charge in [0.15, 0.2) is 0 Å². The monoisotopic (exact) mass is 420 g/mol. The second-order valence-corrected chi connectivity index (χ2v) is 8.55. The number of hydrogen-bond acceptors (Lipinski definition) is 5. The molecule has 1 fully saturated rings. The van der Waals surface area contributed by atoms with E-state index in [2.05, 4.69) is 4.90 Å². The fourth-order valence-corrected chi connectivity index (χ4v) is 5.75. The van der Waals surface area contributed by atoms with Crippen molar-refractivity contribution in [1.29, 1.82) is 0 Å². The Bertz CT molecular complexity index is 1020. The number of rotatable bonds is 2. The first-order valence-corrected chi connectivity index (χ1v) is 11.1. The molecule has 1 amide bonds. The molecule has 6 heteroatoms. The van der Waals surface area contributed by atoms with Crippen molar-refractivity contribution in [2.24, 2.45) is 5.92 Å². The molecule has 0 unspecified atom stereocenters. The van der Waals surface area contributed by atoms with Gasteiger partial charge in [0.25, 0.3) is 5.91 Å². The van der Waals surface area contributed by atoms with Crippen molar-refractivity contribution in [3.05, 3.63) is 59.7 Å². The third kappa shape index (κ3) is 2.81. The molecule has 3 aliphatic heterocycles. The third-order valence-electron chi connectivity index (χ3n) is 6.98. The van der Waals surface area contributed by atoms with Crippen molar-refractivity contribution < 1.29 is 19.1 Å². The standard InChI is InChI=1S/C25H28N2O4/c1-3-30-23(28)18-16-26(2)25-19-11-5-6-12-20(19)27(24(25)29)14-8-9-15-31-21-13-7-4-10-17(21)22(18)25/h4-7,10-13,18,22H,3,8-9,14-16H2,1-2H3/t18-,22+,25+/m0/s1. The molecule has 1 spiro atoms. The van der Waals surface area contributed by atoms with Gasteiger partial charge < -0.3 is 14.4 Å². The van der Waals surface area contributed by atoms with Gasteiger partial charge in [-0.2, -0.15) is 0 Å². The number of nitrogens with zero attached hydrogens (tertiary/aromatic N) is 2. The van der Waals surface area contributed by atoms with Crippen LogP contribution in [0.4, 0.5) is 5.69 Å². The first-order chi connectivity index (χ1) is 15.1. The van der Waals surface area contributed by atoms with Crippen LogP contribution in [-0.2, 0) is 19.9 Å². The van der Waals surface area contributed by atoms with Crippen LogP contribution in [0.1, 0.15) is 36.8 Å². The quantitative estimate of drug-likeness (QED) is 0.698. The van der Waals surface area contributed by atoms with Crippen LogP contribution < -0.4 is 9.64 Å². The maximum atomic E-state index is 14.2. The summed E-state index contributed by atoms with van der Waals surface area (Å²) in [6.07, 6.45) is 1.71. The molecule has 3 atom stereocenters. The van der Waals surface area contributed by atoms with E-state index in [0.29, 0.717) is 26.3 Å². The maximum Gasteiger partial charge on any atom is 0.310 e. The molecule has 0 aliphatic carbocycles. The number of amides is 1. The van der Waals surface area contributed by atoms with Crippen LogP contribution in [-0.4, -0.2) is 50.1 Å². The van der Waals surface area contributed by atoms with E-state index in [1.807, 2.05) is 67.4 Å². The number of carbonyl (C=O) groups excluding carboxylic acids is 2. The lowest BCUT2D eigenvalue weighted by molar-refractivity contribution is -0.148. The Morgan fingerprint density at radius 3 is 2.77 bits per heavy atom. The van der Waals surface area contributed by atoms with Gasteiger partial charge in [-0.3, -0.25) is 14.5 Å². The summed E-state index contributed by atoms with van der Waals surface area (Å²) >= 11 is 0. The van der Waals surface area contributed by atoms with Crippen molar-refractivity contribution in [2.75, 3.05) is 38.3 Å². The second-order valence-electron chi connectivity index (χ2n) is 8.55. The van der Waals surface area contributed by atoms with E-state index in [4.69, 9.17) is 9.47 Å². The van der Waals surface area contributed by atoms with E-state index in [1.54, 1.807) is 0 Å². The van der Waals surface area contributed by atoms with Crippen LogP contribution in [0.2, 0.25) is 0 Å². The number of ether oxygens (including phenoxy) is 2. The van der Waals surface area contributed by atoms with Crippen molar-refractivity contribution in [1.82, 2.24) is 4.90 Å². The number of fused-ring (bicyclic) bond motifs is 5. The smallest absolute Gasteiger partial charge is 0.310 e. The molecule has 0 aromatic heterocycles. The highest BCUT2D eigenvalue weighted by atomic mass is 16.5. The van der Waals surface area contributed by atoms with Gasteiger partial charge in [0.2, 0.25) is 0 Å². The minimum absolute atomic E-state index is 0.0460. The largest absolute Gasteiger partial charge is 0.493 e. The van der Waals surface area contributed by atoms with Crippen LogP contribution >= 0.6 is 0 Å². The Hall–Kier alpha value is -2.86. The van der Waals surface area contributed by atoms with Crippen molar-refractivity contribution in [3.8, 4) is 5.75 Å². The maximum absolute atomic E-state index is 14.2. The van der Waals surface area contributed by atoms with E-state index in [9.17, 15) is 9.59 Å². The number of benzene rings is 2. The molecule has 6 nitrogen and oxygen atoms in total. The van der Waals surface area contributed by atoms with Gasteiger partial charge in [0, 0.05) is 35.8 Å². The summed E-state index contributed by atoms with van der Waals surface area (Å²) in [6, 6.07) is 15.9. The number of hydrogen-bond donors (Lipinski definition) is 0. The zero-order valence-electron chi connectivity index (χ0n) is 18.0. The number of esters is 1. The summed E-state index contributed by atoms with van der Waals surface area (Å²) in [6.45, 7) is 3.81. The molecule has 1 saturated heterocycles. The Kier molecular flexibility index (Phi) is 4.97. The lowest BCUT2D eigenvalue weighted by Crippen LogP contribution is -2.51. The summed E-state index contributed by atoms with van der Waals surface area (Å²) in [5.41, 5.74) is 1.86. The van der Waals surface area contributed by atoms with Gasteiger partial charge in [-0.25, -0.2) is 0 Å². The molecule has 162 valence electrons. The average Bonchev–Trinajstić information content (AvgIpc) is 3.21. The fourth-order valence-electron chi connectivity index (χ4n) is 5.75. The first kappa shape index (κ1) is 20.1. The lowest BCUT2D eigenvalue weighted by atomic mass is 9.71. The third-order valence-corrected chi connectivity index (χ3v) is 6.98. The summed E-state index contributed by atoms with van der Waals surface area (Å²) in [5.74, 6) is -0.326. The Morgan fingerprint density at radius 1 is 1.16 bits per heavy atom. The van der Waals surface area contributed by atoms with E-state index >= 15 is 0 Å². The molecule has 2 bridgehead atoms. The first-order valence-electron chi connectivity index (χ1n) is 11.1. The molecular formula is C25H28N2O4. The highest BCUT2D eigenvalue weighted by Crippen LogP contribution is 2.59. The zero-order chi connectivity index (χ0) is 21.6. The van der Waals surface area contributed by atoms with Crippen LogP contribution in [0.25, 0.3) is 0 Å². The summed E-state index contributed by atoms with van der Waals surface area (Å²) in [5, 5.41) is 0. The van der Waals surface area contributed by atoms with E-state index in [-0.39, 0.29) is 11.9 Å². The molecule has 3 aliphatic rings. The Morgan fingerprint density at radius 2 is 1.94 bits per heavy atom. The van der Waals surface area contributed by atoms with E-state index in [1.165, 1.54) is 0 Å². The topological polar surface area (TPSA) is 59.1 Å². The predicted molar refractivity (Wildman–Crippen MR) is 117 cm³/mol. The Labute approximate surface area is 182 Å². The SMILES string of the molecule is CCOC(=O)[C@H]1CN(C)[C@@]23C(=O)N(CCCCOc4ccccc4[C@H]12)c1ccccc13. The van der Waals surface area contributed by atoms with Gasteiger partial charge in [-0.05, 0) is 38.9 Å². The normalized spacial score (nSPS) is 27.5. The van der Waals surface area contributed by atoms with E-state index in [0.717, 1.165) is 35.4 Å². The highest BCUT2D eigenvalue weighted by Gasteiger charge is 2.66. The minimum atomic E-state index is -0.960. The number of para-hydroxylation sites is 2. The van der Waals surface area contributed by atoms with Gasteiger partial charge in [0.1, 0.15) is 11.3 Å². The van der Waals surface area contributed by atoms with Crippen LogP contribution in [0.15, 0.2) is 48.5 Å². The van der Waals surface area contributed by atoms with Gasteiger partial charge in [0.05, 0.1) is 19.1 Å². The molecule has 2 aromatic carbocycles. The molecule has 0 radical (unpaired) electrons. The summed E-state index contributed by atoms with van der Waals surface area (Å²) in [4.78, 5) is 31.4.